The van der Waals surface area contributed by atoms with Crippen molar-refractivity contribution < 1.29 is 4.79 Å². The smallest absolute Gasteiger partial charge is 0.130 e. The topological polar surface area (TPSA) is 29.1 Å². The van der Waals surface area contributed by atoms with Gasteiger partial charge in [0.25, 0.3) is 0 Å². The Balaban J connectivity index is 2.19. The van der Waals surface area contributed by atoms with E-state index in [-0.39, 0.29) is 0 Å². The number of hydrogen-bond acceptors (Lipinski definition) is 2. The summed E-state index contributed by atoms with van der Waals surface area (Å²) in [5.41, 5.74) is 0. The van der Waals surface area contributed by atoms with E-state index in [1.807, 2.05) is 0 Å². The summed E-state index contributed by atoms with van der Waals surface area (Å²) >= 11 is 0. The minimum atomic E-state index is 0.328. The Morgan fingerprint density at radius 1 is 1.70 bits per heavy atom. The van der Waals surface area contributed by atoms with Crippen LogP contribution in [0.2, 0.25) is 0 Å². The largest absolute Gasteiger partial charge is 0.316 e. The average molecular weight is 141 g/mol. The van der Waals surface area contributed by atoms with Crippen LogP contribution in [-0.4, -0.2) is 18.9 Å². The highest BCUT2D eigenvalue weighted by Gasteiger charge is 2.13. The average Bonchev–Trinajstić information content (AvgIpc) is 1.88. The van der Waals surface area contributed by atoms with Crippen LogP contribution in [0.5, 0.6) is 0 Å². The molecule has 0 aliphatic carbocycles. The third-order valence-corrected chi connectivity index (χ3v) is 1.98. The fraction of sp³-hybridized carbons (Fsp3) is 0.875. The molecule has 1 atom stereocenters. The van der Waals surface area contributed by atoms with Gasteiger partial charge < -0.3 is 10.1 Å². The standard InChI is InChI=1S/C8H15NO/c1-7(10)5-8-3-2-4-9-6-8/h8-9H,2-6H2,1H3/t8-/m1/s1. The summed E-state index contributed by atoms with van der Waals surface area (Å²) in [5.74, 6) is 0.944. The van der Waals surface area contributed by atoms with Crippen molar-refractivity contribution in [2.24, 2.45) is 5.92 Å². The van der Waals surface area contributed by atoms with Crippen molar-refractivity contribution >= 4 is 5.78 Å². The van der Waals surface area contributed by atoms with Crippen LogP contribution >= 0.6 is 0 Å². The minimum absolute atomic E-state index is 0.328. The molecule has 0 saturated carbocycles. The molecule has 0 aromatic carbocycles. The predicted molar refractivity (Wildman–Crippen MR) is 40.9 cm³/mol. The van der Waals surface area contributed by atoms with E-state index in [9.17, 15) is 4.79 Å². The predicted octanol–water partition coefficient (Wildman–Crippen LogP) is 0.965. The molecular weight excluding hydrogens is 126 g/mol. The number of nitrogens with one attached hydrogen (secondary N) is 1. The summed E-state index contributed by atoms with van der Waals surface area (Å²) in [7, 11) is 0. The van der Waals surface area contributed by atoms with Crippen molar-refractivity contribution in [2.75, 3.05) is 13.1 Å². The Bertz CT molecular complexity index is 116. The van der Waals surface area contributed by atoms with E-state index in [1.54, 1.807) is 6.92 Å². The molecule has 0 amide bonds. The van der Waals surface area contributed by atoms with E-state index in [1.165, 1.54) is 12.8 Å². The van der Waals surface area contributed by atoms with Gasteiger partial charge in [-0.15, -0.1) is 0 Å². The first-order valence-electron chi connectivity index (χ1n) is 3.99. The fourth-order valence-electron chi connectivity index (χ4n) is 1.50. The Labute approximate surface area is 62.0 Å². The summed E-state index contributed by atoms with van der Waals surface area (Å²) in [6.45, 7) is 3.85. The molecule has 2 heteroatoms. The summed E-state index contributed by atoms with van der Waals surface area (Å²) in [6, 6.07) is 0. The lowest BCUT2D eigenvalue weighted by atomic mass is 9.95. The zero-order valence-corrected chi connectivity index (χ0v) is 6.52. The highest BCUT2D eigenvalue weighted by molar-refractivity contribution is 5.75. The first-order chi connectivity index (χ1) is 4.79. The van der Waals surface area contributed by atoms with E-state index in [2.05, 4.69) is 5.32 Å². The Kier molecular flexibility index (Phi) is 2.87. The van der Waals surface area contributed by atoms with Crippen LogP contribution in [0.4, 0.5) is 0 Å². The third-order valence-electron chi connectivity index (χ3n) is 1.98. The van der Waals surface area contributed by atoms with Crippen LogP contribution in [0, 0.1) is 5.92 Å². The van der Waals surface area contributed by atoms with Gasteiger partial charge in [-0.3, -0.25) is 0 Å². The van der Waals surface area contributed by atoms with Gasteiger partial charge in [-0.1, -0.05) is 0 Å². The lowest BCUT2D eigenvalue weighted by molar-refractivity contribution is -0.118. The summed E-state index contributed by atoms with van der Waals surface area (Å²) in [5, 5.41) is 3.29. The van der Waals surface area contributed by atoms with Gasteiger partial charge in [0, 0.05) is 6.42 Å². The minimum Gasteiger partial charge on any atom is -0.316 e. The second-order valence-electron chi connectivity index (χ2n) is 3.12. The summed E-state index contributed by atoms with van der Waals surface area (Å²) in [4.78, 5) is 10.7. The molecule has 0 aromatic heterocycles. The molecule has 1 aliphatic rings. The molecule has 58 valence electrons. The van der Waals surface area contributed by atoms with E-state index < -0.39 is 0 Å². The van der Waals surface area contributed by atoms with Crippen LogP contribution in [0.25, 0.3) is 0 Å². The van der Waals surface area contributed by atoms with Gasteiger partial charge in [0.2, 0.25) is 0 Å². The number of carbonyl (C=O) groups excluding carboxylic acids is 1. The zero-order chi connectivity index (χ0) is 7.40. The molecular formula is C8H15NO. The van der Waals surface area contributed by atoms with E-state index in [4.69, 9.17) is 0 Å². The second-order valence-corrected chi connectivity index (χ2v) is 3.12. The maximum absolute atomic E-state index is 10.7. The normalized spacial score (nSPS) is 26.3. The number of ketones is 1. The van der Waals surface area contributed by atoms with E-state index in [0.29, 0.717) is 11.7 Å². The monoisotopic (exact) mass is 141 g/mol. The van der Waals surface area contributed by atoms with Gasteiger partial charge in [0.1, 0.15) is 5.78 Å². The lowest BCUT2D eigenvalue weighted by Gasteiger charge is -2.21. The van der Waals surface area contributed by atoms with Crippen molar-refractivity contribution in [1.29, 1.82) is 0 Å². The highest BCUT2D eigenvalue weighted by atomic mass is 16.1. The van der Waals surface area contributed by atoms with Crippen LogP contribution in [0.15, 0.2) is 0 Å². The maximum Gasteiger partial charge on any atom is 0.130 e. The summed E-state index contributed by atoms with van der Waals surface area (Å²) < 4.78 is 0. The highest BCUT2D eigenvalue weighted by Crippen LogP contribution is 2.13. The van der Waals surface area contributed by atoms with Crippen molar-refractivity contribution in [3.05, 3.63) is 0 Å². The van der Waals surface area contributed by atoms with Crippen LogP contribution in [0.3, 0.4) is 0 Å². The van der Waals surface area contributed by atoms with Crippen molar-refractivity contribution in [3.63, 3.8) is 0 Å². The SMILES string of the molecule is CC(=O)C[C@H]1CCCNC1. The first kappa shape index (κ1) is 7.73. The molecule has 1 aliphatic heterocycles. The number of Topliss-reactive ketones (excluding diaryl/α,β-unsaturated/α-hetero) is 1. The number of hydrogen-bond donors (Lipinski definition) is 1. The van der Waals surface area contributed by atoms with Crippen molar-refractivity contribution in [2.45, 2.75) is 26.2 Å². The molecule has 0 spiro atoms. The second kappa shape index (κ2) is 3.71. The first-order valence-corrected chi connectivity index (χ1v) is 3.99. The molecule has 1 N–H and O–H groups in total. The number of piperidine rings is 1. The van der Waals surface area contributed by atoms with Crippen LogP contribution < -0.4 is 5.32 Å². The van der Waals surface area contributed by atoms with Crippen molar-refractivity contribution in [1.82, 2.24) is 5.32 Å². The third kappa shape index (κ3) is 2.48. The van der Waals surface area contributed by atoms with E-state index in [0.717, 1.165) is 19.5 Å². The Morgan fingerprint density at radius 3 is 3.00 bits per heavy atom. The van der Waals surface area contributed by atoms with E-state index >= 15 is 0 Å². The molecule has 0 aromatic rings. The zero-order valence-electron chi connectivity index (χ0n) is 6.52. The molecule has 1 rings (SSSR count). The van der Waals surface area contributed by atoms with Gasteiger partial charge in [0.05, 0.1) is 0 Å². The van der Waals surface area contributed by atoms with Gasteiger partial charge in [-0.25, -0.2) is 0 Å². The summed E-state index contributed by atoms with van der Waals surface area (Å²) in [6.07, 6.45) is 3.23. The van der Waals surface area contributed by atoms with Crippen LogP contribution in [0.1, 0.15) is 26.2 Å². The number of carbonyl (C=O) groups is 1. The van der Waals surface area contributed by atoms with Crippen LogP contribution in [-0.2, 0) is 4.79 Å². The van der Waals surface area contributed by atoms with Gasteiger partial charge in [-0.05, 0) is 38.8 Å². The molecule has 0 unspecified atom stereocenters. The Hall–Kier alpha value is -0.370. The molecule has 0 radical (unpaired) electrons. The Morgan fingerprint density at radius 2 is 2.50 bits per heavy atom. The molecule has 10 heavy (non-hydrogen) atoms. The quantitative estimate of drug-likeness (QED) is 0.620. The lowest BCUT2D eigenvalue weighted by Crippen LogP contribution is -2.30. The maximum atomic E-state index is 10.7. The molecule has 1 heterocycles. The van der Waals surface area contributed by atoms with Gasteiger partial charge in [-0.2, -0.15) is 0 Å². The van der Waals surface area contributed by atoms with Gasteiger partial charge >= 0.3 is 0 Å². The molecule has 0 bridgehead atoms. The molecule has 2 nitrogen and oxygen atoms in total. The van der Waals surface area contributed by atoms with Crippen molar-refractivity contribution in [3.8, 4) is 0 Å². The fourth-order valence-corrected chi connectivity index (χ4v) is 1.50. The van der Waals surface area contributed by atoms with Gasteiger partial charge in [0.15, 0.2) is 0 Å². The molecule has 1 fully saturated rings. The molecule has 1 saturated heterocycles. The number of rotatable bonds is 2.